The first-order valence-electron chi connectivity index (χ1n) is 8.33. The first-order valence-corrected chi connectivity index (χ1v) is 10.1. The van der Waals surface area contributed by atoms with Crippen molar-refractivity contribution in [2.75, 3.05) is 18.1 Å². The molecule has 0 aromatic heterocycles. The third-order valence-electron chi connectivity index (χ3n) is 4.33. The number of amides is 1. The van der Waals surface area contributed by atoms with Crippen molar-refractivity contribution in [3.63, 3.8) is 0 Å². The van der Waals surface area contributed by atoms with E-state index in [0.717, 1.165) is 5.75 Å². The lowest BCUT2D eigenvalue weighted by molar-refractivity contribution is 0.0708. The Labute approximate surface area is 148 Å². The Bertz CT molecular complexity index is 831. The summed E-state index contributed by atoms with van der Waals surface area (Å²) >= 11 is 0. The van der Waals surface area contributed by atoms with E-state index in [4.69, 9.17) is 4.74 Å². The van der Waals surface area contributed by atoms with Gasteiger partial charge in [-0.25, -0.2) is 8.42 Å². The van der Waals surface area contributed by atoms with Gasteiger partial charge in [0.25, 0.3) is 5.91 Å². The molecule has 2 aromatic rings. The summed E-state index contributed by atoms with van der Waals surface area (Å²) < 4.78 is 29.1. The minimum atomic E-state index is -3.02. The molecule has 1 fully saturated rings. The van der Waals surface area contributed by atoms with Crippen LogP contribution in [0.1, 0.15) is 23.7 Å². The Morgan fingerprint density at radius 2 is 1.72 bits per heavy atom. The van der Waals surface area contributed by atoms with Crippen LogP contribution < -0.4 is 4.74 Å². The van der Waals surface area contributed by atoms with E-state index in [0.29, 0.717) is 24.3 Å². The van der Waals surface area contributed by atoms with Crippen molar-refractivity contribution in [2.24, 2.45) is 0 Å². The largest absolute Gasteiger partial charge is 0.457 e. The van der Waals surface area contributed by atoms with Crippen molar-refractivity contribution in [1.82, 2.24) is 4.90 Å². The second-order valence-electron chi connectivity index (χ2n) is 6.09. The van der Waals surface area contributed by atoms with E-state index >= 15 is 0 Å². The van der Waals surface area contributed by atoms with Crippen molar-refractivity contribution in [1.29, 1.82) is 0 Å². The van der Waals surface area contributed by atoms with Gasteiger partial charge < -0.3 is 9.64 Å². The minimum Gasteiger partial charge on any atom is -0.457 e. The molecular formula is C19H21NO4S. The Balaban J connectivity index is 1.71. The highest BCUT2D eigenvalue weighted by atomic mass is 32.2. The highest BCUT2D eigenvalue weighted by molar-refractivity contribution is 7.91. The maximum atomic E-state index is 12.7. The van der Waals surface area contributed by atoms with E-state index in [-0.39, 0.29) is 23.5 Å². The number of hydrogen-bond donors (Lipinski definition) is 0. The second kappa shape index (κ2) is 7.27. The number of rotatable bonds is 5. The smallest absolute Gasteiger partial charge is 0.254 e. The summed E-state index contributed by atoms with van der Waals surface area (Å²) in [6, 6.07) is 16.1. The summed E-state index contributed by atoms with van der Waals surface area (Å²) in [6.07, 6.45) is 0.511. The van der Waals surface area contributed by atoms with Crippen LogP contribution in [0.2, 0.25) is 0 Å². The van der Waals surface area contributed by atoms with Crippen LogP contribution in [0.4, 0.5) is 0 Å². The van der Waals surface area contributed by atoms with Gasteiger partial charge in [-0.2, -0.15) is 0 Å². The summed E-state index contributed by atoms with van der Waals surface area (Å²) in [5.41, 5.74) is 0.534. The molecule has 25 heavy (non-hydrogen) atoms. The number of carbonyl (C=O) groups excluding carboxylic acids is 1. The van der Waals surface area contributed by atoms with E-state index in [9.17, 15) is 13.2 Å². The SMILES string of the molecule is CCN(C(=O)c1ccc(Oc2ccccc2)cc1)[C@@H]1CCS(=O)(=O)C1. The Kier molecular flexibility index (Phi) is 5.08. The molecule has 0 saturated carbocycles. The first kappa shape index (κ1) is 17.5. The van der Waals surface area contributed by atoms with Crippen LogP contribution in [0, 0.1) is 0 Å². The quantitative estimate of drug-likeness (QED) is 0.823. The zero-order chi connectivity index (χ0) is 17.9. The van der Waals surface area contributed by atoms with Crippen molar-refractivity contribution < 1.29 is 17.9 Å². The third-order valence-corrected chi connectivity index (χ3v) is 6.08. The van der Waals surface area contributed by atoms with Crippen molar-refractivity contribution >= 4 is 15.7 Å². The lowest BCUT2D eigenvalue weighted by Crippen LogP contribution is -2.40. The van der Waals surface area contributed by atoms with Crippen molar-refractivity contribution in [3.05, 3.63) is 60.2 Å². The molecule has 0 bridgehead atoms. The molecule has 132 valence electrons. The lowest BCUT2D eigenvalue weighted by atomic mass is 10.1. The molecule has 1 heterocycles. The Morgan fingerprint density at radius 1 is 1.08 bits per heavy atom. The van der Waals surface area contributed by atoms with E-state index in [1.165, 1.54) is 0 Å². The molecule has 1 aliphatic heterocycles. The first-order chi connectivity index (χ1) is 12.0. The van der Waals surface area contributed by atoms with Gasteiger partial charge >= 0.3 is 0 Å². The standard InChI is InChI=1S/C19H21NO4S/c1-2-20(16-12-13-25(22,23)14-16)19(21)15-8-10-18(11-9-15)24-17-6-4-3-5-7-17/h3-11,16H,2,12-14H2,1H3/t16-/m1/s1. The highest BCUT2D eigenvalue weighted by Gasteiger charge is 2.34. The monoisotopic (exact) mass is 359 g/mol. The molecular weight excluding hydrogens is 338 g/mol. The van der Waals surface area contributed by atoms with Gasteiger partial charge in [-0.05, 0) is 49.7 Å². The molecule has 2 aromatic carbocycles. The molecule has 0 unspecified atom stereocenters. The molecule has 1 amide bonds. The number of sulfone groups is 1. The molecule has 5 nitrogen and oxygen atoms in total. The fraction of sp³-hybridized carbons (Fsp3) is 0.316. The van der Waals surface area contributed by atoms with Crippen LogP contribution in [0.5, 0.6) is 11.5 Å². The maximum absolute atomic E-state index is 12.7. The fourth-order valence-corrected chi connectivity index (χ4v) is 4.78. The van der Waals surface area contributed by atoms with Gasteiger partial charge in [-0.3, -0.25) is 4.79 Å². The van der Waals surface area contributed by atoms with Gasteiger partial charge in [-0.1, -0.05) is 18.2 Å². The number of para-hydroxylation sites is 1. The molecule has 0 radical (unpaired) electrons. The Hall–Kier alpha value is -2.34. The summed E-state index contributed by atoms with van der Waals surface area (Å²) in [4.78, 5) is 14.4. The molecule has 0 spiro atoms. The minimum absolute atomic E-state index is 0.0573. The topological polar surface area (TPSA) is 63.7 Å². The number of hydrogen-bond acceptors (Lipinski definition) is 4. The van der Waals surface area contributed by atoms with Gasteiger partial charge in [0, 0.05) is 18.2 Å². The summed E-state index contributed by atoms with van der Waals surface area (Å²) in [6.45, 7) is 2.36. The van der Waals surface area contributed by atoms with Crippen molar-refractivity contribution in [3.8, 4) is 11.5 Å². The van der Waals surface area contributed by atoms with Crippen molar-refractivity contribution in [2.45, 2.75) is 19.4 Å². The van der Waals surface area contributed by atoms with Crippen LogP contribution in [0.25, 0.3) is 0 Å². The molecule has 1 saturated heterocycles. The predicted molar refractivity (Wildman–Crippen MR) is 96.7 cm³/mol. The Morgan fingerprint density at radius 3 is 2.28 bits per heavy atom. The molecule has 0 N–H and O–H groups in total. The van der Waals surface area contributed by atoms with E-state index in [1.54, 1.807) is 29.2 Å². The molecule has 3 rings (SSSR count). The van der Waals surface area contributed by atoms with Gasteiger partial charge in [0.2, 0.25) is 0 Å². The zero-order valence-corrected chi connectivity index (χ0v) is 14.9. The lowest BCUT2D eigenvalue weighted by Gasteiger charge is -2.27. The molecule has 1 aliphatic rings. The van der Waals surface area contributed by atoms with Crippen LogP contribution in [-0.4, -0.2) is 43.3 Å². The average molecular weight is 359 g/mol. The van der Waals surface area contributed by atoms with E-state index < -0.39 is 9.84 Å². The van der Waals surface area contributed by atoms with E-state index in [2.05, 4.69) is 0 Å². The average Bonchev–Trinajstić information content (AvgIpc) is 2.97. The van der Waals surface area contributed by atoms with Crippen LogP contribution >= 0.6 is 0 Å². The number of carbonyl (C=O) groups is 1. The molecule has 6 heteroatoms. The van der Waals surface area contributed by atoms with Crippen LogP contribution in [0.15, 0.2) is 54.6 Å². The normalized spacial score (nSPS) is 18.7. The number of nitrogens with zero attached hydrogens (tertiary/aromatic N) is 1. The number of benzene rings is 2. The van der Waals surface area contributed by atoms with Gasteiger partial charge in [0.05, 0.1) is 11.5 Å². The van der Waals surface area contributed by atoms with Gasteiger partial charge in [0.1, 0.15) is 11.5 Å². The second-order valence-corrected chi connectivity index (χ2v) is 8.32. The van der Waals surface area contributed by atoms with Gasteiger partial charge in [0.15, 0.2) is 9.84 Å². The fourth-order valence-electron chi connectivity index (χ4n) is 3.04. The van der Waals surface area contributed by atoms with Gasteiger partial charge in [-0.15, -0.1) is 0 Å². The van der Waals surface area contributed by atoms with E-state index in [1.807, 2.05) is 37.3 Å². The summed E-state index contributed by atoms with van der Waals surface area (Å²) in [5.74, 6) is 1.45. The van der Waals surface area contributed by atoms with Crippen LogP contribution in [0.3, 0.4) is 0 Å². The zero-order valence-electron chi connectivity index (χ0n) is 14.1. The summed E-state index contributed by atoms with van der Waals surface area (Å²) in [5, 5.41) is 0. The molecule has 0 aliphatic carbocycles. The number of ether oxygens (including phenoxy) is 1. The predicted octanol–water partition coefficient (Wildman–Crippen LogP) is 3.13. The maximum Gasteiger partial charge on any atom is 0.254 e. The molecule has 1 atom stereocenters. The van der Waals surface area contributed by atoms with Crippen LogP contribution in [-0.2, 0) is 9.84 Å². The third kappa shape index (κ3) is 4.20. The highest BCUT2D eigenvalue weighted by Crippen LogP contribution is 2.23. The summed E-state index contributed by atoms with van der Waals surface area (Å²) in [7, 11) is -3.02.